The van der Waals surface area contributed by atoms with Crippen molar-refractivity contribution in [1.82, 2.24) is 15.0 Å². The monoisotopic (exact) mass is 361 g/mol. The number of nitrogens with zero attached hydrogens (tertiary/aromatic N) is 3. The molecule has 0 saturated heterocycles. The topological polar surface area (TPSA) is 85.8 Å². The molecule has 122 valence electrons. The van der Waals surface area contributed by atoms with Crippen LogP contribution in [0, 0.1) is 6.92 Å². The molecular formula is C16H13Cl2N5O. The zero-order valence-electron chi connectivity index (χ0n) is 12.6. The van der Waals surface area contributed by atoms with Crippen LogP contribution in [0.1, 0.15) is 16.1 Å². The highest BCUT2D eigenvalue weighted by Gasteiger charge is 2.18. The van der Waals surface area contributed by atoms with E-state index in [9.17, 15) is 4.79 Å². The van der Waals surface area contributed by atoms with Gasteiger partial charge in [-0.15, -0.1) is 5.10 Å². The minimum atomic E-state index is -0.465. The molecule has 0 aliphatic rings. The van der Waals surface area contributed by atoms with Gasteiger partial charge in [0, 0.05) is 15.7 Å². The van der Waals surface area contributed by atoms with Crippen LogP contribution >= 0.6 is 23.2 Å². The van der Waals surface area contributed by atoms with Crippen molar-refractivity contribution in [3.05, 3.63) is 63.8 Å². The number of nitrogens with two attached hydrogens (primary N) is 1. The zero-order valence-corrected chi connectivity index (χ0v) is 14.1. The van der Waals surface area contributed by atoms with Crippen molar-refractivity contribution in [2.24, 2.45) is 0 Å². The smallest absolute Gasteiger partial charge is 0.280 e. The number of nitrogen functional groups attached to an aromatic ring is 1. The van der Waals surface area contributed by atoms with Gasteiger partial charge in [-0.25, -0.2) is 0 Å². The van der Waals surface area contributed by atoms with Crippen molar-refractivity contribution >= 4 is 40.6 Å². The number of hydrogen-bond donors (Lipinski definition) is 2. The number of benzene rings is 2. The molecule has 24 heavy (non-hydrogen) atoms. The van der Waals surface area contributed by atoms with Crippen LogP contribution in [0.4, 0.5) is 11.5 Å². The van der Waals surface area contributed by atoms with Crippen molar-refractivity contribution in [3.63, 3.8) is 0 Å². The summed E-state index contributed by atoms with van der Waals surface area (Å²) in [4.78, 5) is 12.4. The summed E-state index contributed by atoms with van der Waals surface area (Å²) >= 11 is 11.9. The van der Waals surface area contributed by atoms with Crippen LogP contribution in [0.3, 0.4) is 0 Å². The average molecular weight is 362 g/mol. The summed E-state index contributed by atoms with van der Waals surface area (Å²) in [6.45, 7) is 1.88. The molecule has 1 heterocycles. The van der Waals surface area contributed by atoms with Crippen LogP contribution in [0.25, 0.3) is 5.69 Å². The fraction of sp³-hybridized carbons (Fsp3) is 0.0625. The Labute approximate surface area is 148 Å². The lowest BCUT2D eigenvalue weighted by Crippen LogP contribution is -2.15. The van der Waals surface area contributed by atoms with E-state index >= 15 is 0 Å². The van der Waals surface area contributed by atoms with Gasteiger partial charge in [0.1, 0.15) is 0 Å². The number of anilines is 2. The normalized spacial score (nSPS) is 10.6. The fourth-order valence-electron chi connectivity index (χ4n) is 2.08. The zero-order chi connectivity index (χ0) is 17.3. The number of carbonyl (C=O) groups is 1. The predicted octanol–water partition coefficient (Wildman–Crippen LogP) is 3.72. The van der Waals surface area contributed by atoms with Gasteiger partial charge < -0.3 is 11.1 Å². The van der Waals surface area contributed by atoms with Gasteiger partial charge in [0.25, 0.3) is 5.91 Å². The number of nitrogens with one attached hydrogen (secondary N) is 1. The summed E-state index contributed by atoms with van der Waals surface area (Å²) in [6.07, 6.45) is 0. The first-order valence-corrected chi connectivity index (χ1v) is 7.76. The van der Waals surface area contributed by atoms with Gasteiger partial charge in [0.05, 0.1) is 5.69 Å². The van der Waals surface area contributed by atoms with Gasteiger partial charge in [-0.05, 0) is 48.9 Å². The molecule has 0 saturated carbocycles. The number of halogens is 2. The van der Waals surface area contributed by atoms with Crippen molar-refractivity contribution in [2.45, 2.75) is 6.92 Å². The molecule has 0 fully saturated rings. The summed E-state index contributed by atoms with van der Waals surface area (Å²) in [7, 11) is 0. The van der Waals surface area contributed by atoms with E-state index in [1.54, 1.807) is 36.4 Å². The van der Waals surface area contributed by atoms with E-state index in [1.807, 2.05) is 13.0 Å². The molecule has 0 radical (unpaired) electrons. The lowest BCUT2D eigenvalue weighted by atomic mass is 10.2. The SMILES string of the molecule is Cc1ccc(NC(=O)c2nnn(-c3ccc(Cl)cc3)c2N)cc1Cl. The van der Waals surface area contributed by atoms with Crippen molar-refractivity contribution in [3.8, 4) is 5.69 Å². The Morgan fingerprint density at radius 3 is 2.54 bits per heavy atom. The number of aromatic nitrogens is 3. The molecule has 0 unspecified atom stereocenters. The van der Waals surface area contributed by atoms with Gasteiger partial charge in [0.2, 0.25) is 0 Å². The number of rotatable bonds is 3. The molecule has 1 amide bonds. The molecule has 0 aliphatic carbocycles. The van der Waals surface area contributed by atoms with Crippen LogP contribution in [-0.4, -0.2) is 20.9 Å². The molecule has 0 atom stereocenters. The molecule has 0 spiro atoms. The van der Waals surface area contributed by atoms with Gasteiger partial charge in [-0.3, -0.25) is 4.79 Å². The summed E-state index contributed by atoms with van der Waals surface area (Å²) in [5, 5.41) is 11.6. The van der Waals surface area contributed by atoms with Crippen molar-refractivity contribution < 1.29 is 4.79 Å². The quantitative estimate of drug-likeness (QED) is 0.744. The highest BCUT2D eigenvalue weighted by Crippen LogP contribution is 2.22. The van der Waals surface area contributed by atoms with E-state index in [-0.39, 0.29) is 11.5 Å². The molecule has 6 nitrogen and oxygen atoms in total. The second-order valence-electron chi connectivity index (χ2n) is 5.13. The molecular weight excluding hydrogens is 349 g/mol. The molecule has 0 aliphatic heterocycles. The first-order chi connectivity index (χ1) is 11.5. The number of carbonyl (C=O) groups excluding carboxylic acids is 1. The number of aryl methyl sites for hydroxylation is 1. The van der Waals surface area contributed by atoms with Gasteiger partial charge in [-0.1, -0.05) is 34.5 Å². The van der Waals surface area contributed by atoms with Gasteiger partial charge in [0.15, 0.2) is 11.5 Å². The predicted molar refractivity (Wildman–Crippen MR) is 94.9 cm³/mol. The Morgan fingerprint density at radius 1 is 1.17 bits per heavy atom. The summed E-state index contributed by atoms with van der Waals surface area (Å²) < 4.78 is 1.37. The molecule has 3 rings (SSSR count). The Bertz CT molecular complexity index is 905. The van der Waals surface area contributed by atoms with Crippen LogP contribution in [0.5, 0.6) is 0 Å². The second kappa shape index (κ2) is 6.51. The molecule has 8 heteroatoms. The van der Waals surface area contributed by atoms with E-state index in [0.717, 1.165) is 5.56 Å². The molecule has 1 aromatic heterocycles. The minimum absolute atomic E-state index is 0.0293. The Kier molecular flexibility index (Phi) is 4.42. The first kappa shape index (κ1) is 16.3. The Balaban J connectivity index is 1.85. The van der Waals surface area contributed by atoms with Crippen molar-refractivity contribution in [1.29, 1.82) is 0 Å². The van der Waals surface area contributed by atoms with E-state index < -0.39 is 5.91 Å². The minimum Gasteiger partial charge on any atom is -0.382 e. The Hall–Kier alpha value is -2.57. The Morgan fingerprint density at radius 2 is 1.88 bits per heavy atom. The fourth-order valence-corrected chi connectivity index (χ4v) is 2.39. The number of hydrogen-bond acceptors (Lipinski definition) is 4. The summed E-state index contributed by atoms with van der Waals surface area (Å²) in [5.74, 6) is -0.333. The largest absolute Gasteiger partial charge is 0.382 e. The van der Waals surface area contributed by atoms with Crippen LogP contribution < -0.4 is 11.1 Å². The highest BCUT2D eigenvalue weighted by atomic mass is 35.5. The van der Waals surface area contributed by atoms with E-state index in [2.05, 4.69) is 15.6 Å². The maximum atomic E-state index is 12.4. The number of amides is 1. The first-order valence-electron chi connectivity index (χ1n) is 7.00. The third-order valence-electron chi connectivity index (χ3n) is 3.42. The average Bonchev–Trinajstić information content (AvgIpc) is 2.93. The third kappa shape index (κ3) is 3.20. The lowest BCUT2D eigenvalue weighted by molar-refractivity contribution is 0.102. The van der Waals surface area contributed by atoms with Gasteiger partial charge >= 0.3 is 0 Å². The second-order valence-corrected chi connectivity index (χ2v) is 5.97. The molecule has 0 bridgehead atoms. The van der Waals surface area contributed by atoms with E-state index in [4.69, 9.17) is 28.9 Å². The highest BCUT2D eigenvalue weighted by molar-refractivity contribution is 6.31. The van der Waals surface area contributed by atoms with Crippen LogP contribution in [0.15, 0.2) is 42.5 Å². The van der Waals surface area contributed by atoms with E-state index in [0.29, 0.717) is 21.4 Å². The standard InChI is InChI=1S/C16H13Cl2N5O/c1-9-2-5-11(8-13(9)18)20-16(24)14-15(19)23(22-21-14)12-6-3-10(17)4-7-12/h2-8H,19H2,1H3,(H,20,24). The van der Waals surface area contributed by atoms with Crippen molar-refractivity contribution in [2.75, 3.05) is 11.1 Å². The summed E-state index contributed by atoms with van der Waals surface area (Å²) in [6, 6.07) is 12.1. The summed E-state index contributed by atoms with van der Waals surface area (Å²) in [5.41, 5.74) is 8.16. The molecule has 2 aromatic carbocycles. The van der Waals surface area contributed by atoms with E-state index in [1.165, 1.54) is 4.68 Å². The van der Waals surface area contributed by atoms with Gasteiger partial charge in [-0.2, -0.15) is 4.68 Å². The molecule has 3 aromatic rings. The van der Waals surface area contributed by atoms with Crippen LogP contribution in [0.2, 0.25) is 10.0 Å². The lowest BCUT2D eigenvalue weighted by Gasteiger charge is -2.06. The molecule has 3 N–H and O–H groups in total. The van der Waals surface area contributed by atoms with Crippen LogP contribution in [-0.2, 0) is 0 Å². The maximum Gasteiger partial charge on any atom is 0.280 e. The maximum absolute atomic E-state index is 12.4. The third-order valence-corrected chi connectivity index (χ3v) is 4.08.